The Labute approximate surface area is 127 Å². The number of fused-ring (bicyclic) bond motifs is 1. The zero-order valence-corrected chi connectivity index (χ0v) is 13.1. The summed E-state index contributed by atoms with van der Waals surface area (Å²) < 4.78 is 1.38. The highest BCUT2D eigenvalue weighted by Crippen LogP contribution is 2.18. The molecule has 2 unspecified atom stereocenters. The van der Waals surface area contributed by atoms with Gasteiger partial charge in [-0.2, -0.15) is 9.61 Å². The van der Waals surface area contributed by atoms with Gasteiger partial charge in [-0.05, 0) is 18.8 Å². The summed E-state index contributed by atoms with van der Waals surface area (Å²) in [5.74, 6) is 0.263. The van der Waals surface area contributed by atoms with Crippen LogP contribution < -0.4 is 5.56 Å². The van der Waals surface area contributed by atoms with Crippen molar-refractivity contribution < 1.29 is 5.11 Å². The molecule has 0 amide bonds. The molecule has 1 saturated heterocycles. The first-order valence-corrected chi connectivity index (χ1v) is 8.17. The lowest BCUT2D eigenvalue weighted by Crippen LogP contribution is -2.41. The molecule has 0 bridgehead atoms. The van der Waals surface area contributed by atoms with Gasteiger partial charge in [0.2, 0.25) is 4.96 Å². The van der Waals surface area contributed by atoms with E-state index in [0.29, 0.717) is 11.5 Å². The average molecular weight is 308 g/mol. The molecule has 2 atom stereocenters. The van der Waals surface area contributed by atoms with Crippen molar-refractivity contribution in [3.05, 3.63) is 27.1 Å². The molecule has 1 aliphatic heterocycles. The van der Waals surface area contributed by atoms with E-state index < -0.39 is 0 Å². The van der Waals surface area contributed by atoms with Gasteiger partial charge < -0.3 is 5.11 Å². The summed E-state index contributed by atoms with van der Waals surface area (Å²) in [4.78, 5) is 19.6. The third-order valence-corrected chi connectivity index (χ3v) is 5.02. The van der Waals surface area contributed by atoms with Crippen LogP contribution in [0.5, 0.6) is 0 Å². The van der Waals surface area contributed by atoms with Crippen molar-refractivity contribution in [2.75, 3.05) is 13.1 Å². The van der Waals surface area contributed by atoms with Crippen molar-refractivity contribution >= 4 is 16.3 Å². The zero-order chi connectivity index (χ0) is 15.0. The van der Waals surface area contributed by atoms with Crippen LogP contribution in [0.4, 0.5) is 0 Å². The van der Waals surface area contributed by atoms with Gasteiger partial charge in [0.1, 0.15) is 5.01 Å². The van der Waals surface area contributed by atoms with Crippen LogP contribution in [0.15, 0.2) is 10.9 Å². The van der Waals surface area contributed by atoms with E-state index in [4.69, 9.17) is 0 Å². The molecule has 1 N–H and O–H groups in total. The predicted molar refractivity (Wildman–Crippen MR) is 81.6 cm³/mol. The lowest BCUT2D eigenvalue weighted by molar-refractivity contribution is 0.0316. The Balaban J connectivity index is 1.82. The third kappa shape index (κ3) is 3.00. The van der Waals surface area contributed by atoms with Crippen LogP contribution in [0, 0.1) is 5.92 Å². The van der Waals surface area contributed by atoms with Gasteiger partial charge in [-0.25, -0.2) is 4.98 Å². The van der Waals surface area contributed by atoms with Gasteiger partial charge in [-0.15, -0.1) is 0 Å². The Hall–Kier alpha value is -1.31. The number of rotatable bonds is 3. The number of hydrogen-bond donors (Lipinski definition) is 1. The molecular formula is C14H20N4O2S. The number of aliphatic hydroxyl groups excluding tert-OH is 1. The fraction of sp³-hybridized carbons (Fsp3) is 0.643. The fourth-order valence-electron chi connectivity index (χ4n) is 2.71. The van der Waals surface area contributed by atoms with Crippen LogP contribution in [0.2, 0.25) is 0 Å². The highest BCUT2D eigenvalue weighted by molar-refractivity contribution is 7.16. The number of likely N-dealkylation sites (tertiary alicyclic amines) is 1. The quantitative estimate of drug-likeness (QED) is 0.913. The van der Waals surface area contributed by atoms with E-state index in [0.717, 1.165) is 36.6 Å². The van der Waals surface area contributed by atoms with E-state index >= 15 is 0 Å². The molecule has 2 aromatic rings. The van der Waals surface area contributed by atoms with Crippen LogP contribution in [0.1, 0.15) is 31.0 Å². The number of aromatic nitrogens is 3. The lowest BCUT2D eigenvalue weighted by atomic mass is 9.97. The van der Waals surface area contributed by atoms with Crippen molar-refractivity contribution in [3.63, 3.8) is 0 Å². The molecule has 0 aliphatic carbocycles. The van der Waals surface area contributed by atoms with Gasteiger partial charge in [-0.3, -0.25) is 9.69 Å². The highest BCUT2D eigenvalue weighted by atomic mass is 32.1. The normalized spacial score (nSPS) is 23.8. The zero-order valence-electron chi connectivity index (χ0n) is 12.3. The fourth-order valence-corrected chi connectivity index (χ4v) is 3.57. The SMILES string of the molecule is CCc1nn2c(=O)cc(CN3CCC(O)C(C)C3)nc2s1. The van der Waals surface area contributed by atoms with Crippen LogP contribution in [-0.4, -0.2) is 43.8 Å². The van der Waals surface area contributed by atoms with E-state index in [1.165, 1.54) is 15.9 Å². The third-order valence-electron chi connectivity index (χ3n) is 3.97. The van der Waals surface area contributed by atoms with Crippen molar-refractivity contribution in [2.24, 2.45) is 5.92 Å². The van der Waals surface area contributed by atoms with Gasteiger partial charge in [0, 0.05) is 25.7 Å². The smallest absolute Gasteiger partial charge is 0.275 e. The second kappa shape index (κ2) is 5.82. The molecule has 114 valence electrons. The Bertz CT molecular complexity index is 696. The molecule has 21 heavy (non-hydrogen) atoms. The standard InChI is InChI=1S/C14H20N4O2S/c1-3-12-16-18-13(20)6-10(15-14(18)21-12)8-17-5-4-11(19)9(2)7-17/h6,9,11,19H,3-5,7-8H2,1-2H3. The average Bonchev–Trinajstić information content (AvgIpc) is 2.87. The summed E-state index contributed by atoms with van der Waals surface area (Å²) in [5, 5.41) is 15.0. The monoisotopic (exact) mass is 308 g/mol. The number of aliphatic hydroxyl groups is 1. The summed E-state index contributed by atoms with van der Waals surface area (Å²) in [6, 6.07) is 1.57. The van der Waals surface area contributed by atoms with Crippen molar-refractivity contribution in [2.45, 2.75) is 39.3 Å². The Kier molecular flexibility index (Phi) is 4.05. The van der Waals surface area contributed by atoms with Crippen LogP contribution >= 0.6 is 11.3 Å². The molecule has 0 aromatic carbocycles. The number of hydrogen-bond acceptors (Lipinski definition) is 6. The van der Waals surface area contributed by atoms with Gasteiger partial charge >= 0.3 is 0 Å². The topological polar surface area (TPSA) is 70.7 Å². The summed E-state index contributed by atoms with van der Waals surface area (Å²) >= 11 is 1.47. The number of piperidine rings is 1. The van der Waals surface area contributed by atoms with Crippen LogP contribution in [-0.2, 0) is 13.0 Å². The van der Waals surface area contributed by atoms with Crippen LogP contribution in [0.25, 0.3) is 4.96 Å². The maximum atomic E-state index is 12.1. The minimum absolute atomic E-state index is 0.115. The Morgan fingerprint density at radius 2 is 2.33 bits per heavy atom. The maximum absolute atomic E-state index is 12.1. The summed E-state index contributed by atoms with van der Waals surface area (Å²) in [5.41, 5.74) is 0.672. The van der Waals surface area contributed by atoms with Gasteiger partial charge in [0.05, 0.1) is 11.8 Å². The second-order valence-electron chi connectivity index (χ2n) is 5.70. The predicted octanol–water partition coefficient (Wildman–Crippen LogP) is 0.916. The summed E-state index contributed by atoms with van der Waals surface area (Å²) in [6.45, 7) is 6.41. The van der Waals surface area contributed by atoms with Crippen molar-refractivity contribution in [3.8, 4) is 0 Å². The summed E-state index contributed by atoms with van der Waals surface area (Å²) in [7, 11) is 0. The van der Waals surface area contributed by atoms with E-state index in [-0.39, 0.29) is 17.6 Å². The molecular weight excluding hydrogens is 288 g/mol. The van der Waals surface area contributed by atoms with Crippen molar-refractivity contribution in [1.29, 1.82) is 0 Å². The molecule has 1 fully saturated rings. The Morgan fingerprint density at radius 3 is 3.05 bits per heavy atom. The molecule has 2 aromatic heterocycles. The molecule has 0 radical (unpaired) electrons. The van der Waals surface area contributed by atoms with Crippen LogP contribution in [0.3, 0.4) is 0 Å². The molecule has 0 spiro atoms. The van der Waals surface area contributed by atoms with Gasteiger partial charge in [0.15, 0.2) is 0 Å². The first-order chi connectivity index (χ1) is 10.1. The molecule has 7 heteroatoms. The van der Waals surface area contributed by atoms with E-state index in [2.05, 4.69) is 21.9 Å². The summed E-state index contributed by atoms with van der Waals surface area (Å²) in [6.07, 6.45) is 1.38. The lowest BCUT2D eigenvalue weighted by Gasteiger charge is -2.34. The molecule has 0 saturated carbocycles. The molecule has 6 nitrogen and oxygen atoms in total. The minimum Gasteiger partial charge on any atom is -0.393 e. The van der Waals surface area contributed by atoms with E-state index in [9.17, 15) is 9.90 Å². The highest BCUT2D eigenvalue weighted by Gasteiger charge is 2.24. The molecule has 3 heterocycles. The van der Waals surface area contributed by atoms with E-state index in [1.807, 2.05) is 6.92 Å². The molecule has 1 aliphatic rings. The second-order valence-corrected chi connectivity index (χ2v) is 6.74. The number of nitrogens with zero attached hydrogens (tertiary/aromatic N) is 4. The first-order valence-electron chi connectivity index (χ1n) is 7.36. The molecule has 3 rings (SSSR count). The van der Waals surface area contributed by atoms with E-state index in [1.54, 1.807) is 6.07 Å². The minimum atomic E-state index is -0.212. The number of aryl methyl sites for hydroxylation is 1. The van der Waals surface area contributed by atoms with Crippen molar-refractivity contribution in [1.82, 2.24) is 19.5 Å². The Morgan fingerprint density at radius 1 is 1.52 bits per heavy atom. The van der Waals surface area contributed by atoms with Gasteiger partial charge in [0.25, 0.3) is 5.56 Å². The largest absolute Gasteiger partial charge is 0.393 e. The maximum Gasteiger partial charge on any atom is 0.275 e. The first kappa shape index (κ1) is 14.6. The van der Waals surface area contributed by atoms with Gasteiger partial charge in [-0.1, -0.05) is 25.2 Å².